The monoisotopic (exact) mass is 669 g/mol. The maximum absolute atomic E-state index is 14.2. The van der Waals surface area contributed by atoms with Gasteiger partial charge >= 0.3 is 11.9 Å². The van der Waals surface area contributed by atoms with Crippen LogP contribution >= 0.6 is 11.8 Å². The zero-order valence-corrected chi connectivity index (χ0v) is 27.5. The number of allylic oxidation sites excluding steroid dienone is 2. The highest BCUT2D eigenvalue weighted by molar-refractivity contribution is 7.99. The third kappa shape index (κ3) is 4.54. The van der Waals surface area contributed by atoms with Crippen molar-refractivity contribution < 1.29 is 52.8 Å². The molecule has 1 amide bonds. The second-order valence-electron chi connectivity index (χ2n) is 12.5. The fourth-order valence-corrected chi connectivity index (χ4v) is 9.63. The van der Waals surface area contributed by atoms with Gasteiger partial charge in [0, 0.05) is 59.1 Å². The molecule has 6 aliphatic rings. The number of hydrogen-bond acceptors (Lipinski definition) is 14. The fraction of sp³-hybridized carbons (Fsp3) is 0.531. The molecule has 4 bridgehead atoms. The van der Waals surface area contributed by atoms with Gasteiger partial charge in [-0.1, -0.05) is 0 Å². The average molecular weight is 670 g/mol. The van der Waals surface area contributed by atoms with E-state index in [1.54, 1.807) is 13.8 Å². The van der Waals surface area contributed by atoms with Crippen LogP contribution in [0.3, 0.4) is 0 Å². The van der Waals surface area contributed by atoms with Gasteiger partial charge in [-0.25, -0.2) is 4.79 Å². The molecule has 5 heterocycles. The van der Waals surface area contributed by atoms with Crippen LogP contribution in [0.5, 0.6) is 17.2 Å². The van der Waals surface area contributed by atoms with Crippen molar-refractivity contribution in [2.45, 2.75) is 75.8 Å². The summed E-state index contributed by atoms with van der Waals surface area (Å²) in [6.07, 6.45) is -1.08. The Morgan fingerprint density at radius 2 is 1.77 bits per heavy atom. The highest BCUT2D eigenvalue weighted by Crippen LogP contribution is 2.62. The van der Waals surface area contributed by atoms with Crippen LogP contribution in [0.25, 0.3) is 0 Å². The number of ether oxygens (including phenoxy) is 5. The molecule has 1 aromatic rings. The van der Waals surface area contributed by atoms with Crippen LogP contribution in [0.1, 0.15) is 55.2 Å². The van der Waals surface area contributed by atoms with Crippen molar-refractivity contribution in [1.82, 2.24) is 15.1 Å². The number of hydrogen-bond donors (Lipinski definition) is 2. The lowest BCUT2D eigenvalue weighted by Gasteiger charge is -2.62. The van der Waals surface area contributed by atoms with E-state index in [4.69, 9.17) is 23.7 Å². The van der Waals surface area contributed by atoms with Gasteiger partial charge < -0.3 is 34.1 Å². The summed E-state index contributed by atoms with van der Waals surface area (Å²) in [7, 11) is 3.16. The molecule has 0 saturated carbocycles. The smallest absolute Gasteiger partial charge is 0.329 e. The van der Waals surface area contributed by atoms with Crippen molar-refractivity contribution in [3.05, 3.63) is 39.2 Å². The molecule has 0 radical (unpaired) electrons. The minimum atomic E-state index is -1.19. The second-order valence-corrected chi connectivity index (χ2v) is 13.7. The Hall–Kier alpha value is -3.92. The standard InChI is InChI=1S/C32H35N3O11S/c1-11-24(38)15-7-17-31(40)35-18-8-43-32(41)16(33-13(3)36)9-47-30(23(35)22(34(17)5)19(15)25(39)27(11)42-6)21-20(18)29-28(44-10-45-29)12(2)26(21)46-14(4)37/h16-18,22-23,30-31,40H,7-10H2,1-6H3,(H,33,36)/t16-,17-,18+,22+,23?,30+,31-/m0/s1. The molecule has 2 saturated heterocycles. The summed E-state index contributed by atoms with van der Waals surface area (Å²) in [5.41, 5.74) is 2.45. The Morgan fingerprint density at radius 1 is 1.04 bits per heavy atom. The molecule has 0 spiro atoms. The highest BCUT2D eigenvalue weighted by atomic mass is 32.2. The topological polar surface area (TPSA) is 170 Å². The van der Waals surface area contributed by atoms with E-state index in [1.165, 1.54) is 32.7 Å². The van der Waals surface area contributed by atoms with Gasteiger partial charge in [-0.05, 0) is 27.3 Å². The van der Waals surface area contributed by atoms with Crippen LogP contribution < -0.4 is 19.5 Å². The van der Waals surface area contributed by atoms with Gasteiger partial charge in [-0.3, -0.25) is 29.0 Å². The number of nitrogens with one attached hydrogen (secondary N) is 1. The number of cyclic esters (lactones) is 1. The van der Waals surface area contributed by atoms with E-state index < -0.39 is 65.3 Å². The van der Waals surface area contributed by atoms with E-state index >= 15 is 0 Å². The molecule has 1 aromatic carbocycles. The summed E-state index contributed by atoms with van der Waals surface area (Å²) in [4.78, 5) is 69.7. The summed E-state index contributed by atoms with van der Waals surface area (Å²) >= 11 is 1.29. The van der Waals surface area contributed by atoms with Crippen LogP contribution in [0.4, 0.5) is 0 Å². The van der Waals surface area contributed by atoms with Gasteiger partial charge in [0.1, 0.15) is 24.6 Å². The lowest BCUT2D eigenvalue weighted by molar-refractivity contribution is -0.179. The van der Waals surface area contributed by atoms with E-state index in [9.17, 15) is 29.1 Å². The maximum atomic E-state index is 14.2. The average Bonchev–Trinajstić information content (AvgIpc) is 3.51. The Morgan fingerprint density at radius 3 is 2.45 bits per heavy atom. The molecule has 15 heteroatoms. The van der Waals surface area contributed by atoms with Gasteiger partial charge in [-0.15, -0.1) is 11.8 Å². The van der Waals surface area contributed by atoms with E-state index in [-0.39, 0.29) is 54.0 Å². The number of esters is 2. The Labute approximate surface area is 274 Å². The third-order valence-corrected chi connectivity index (χ3v) is 11.4. The summed E-state index contributed by atoms with van der Waals surface area (Å²) in [5.74, 6) is -1.35. The molecular formula is C32H35N3O11S. The number of carbonyl (C=O) groups is 5. The van der Waals surface area contributed by atoms with E-state index in [2.05, 4.69) is 5.32 Å². The molecule has 14 nitrogen and oxygen atoms in total. The molecular weight excluding hydrogens is 634 g/mol. The number of methoxy groups -OCH3 is 1. The second kappa shape index (κ2) is 11.4. The first-order valence-electron chi connectivity index (χ1n) is 15.3. The number of amides is 1. The van der Waals surface area contributed by atoms with E-state index in [0.717, 1.165) is 0 Å². The van der Waals surface area contributed by atoms with Gasteiger partial charge in [0.2, 0.25) is 18.5 Å². The molecule has 1 aliphatic carbocycles. The number of aliphatic hydroxyl groups excluding tert-OH is 1. The number of ketones is 2. The number of Topliss-reactive ketones (excluding diaryl/α,β-unsaturated/α-hetero) is 2. The van der Waals surface area contributed by atoms with Crippen molar-refractivity contribution in [2.75, 3.05) is 33.3 Å². The molecule has 47 heavy (non-hydrogen) atoms. The third-order valence-electron chi connectivity index (χ3n) is 10.0. The molecule has 7 atom stereocenters. The van der Waals surface area contributed by atoms with Crippen molar-refractivity contribution in [2.24, 2.45) is 0 Å². The van der Waals surface area contributed by atoms with Gasteiger partial charge in [0.25, 0.3) is 0 Å². The molecule has 250 valence electrons. The zero-order chi connectivity index (χ0) is 33.6. The summed E-state index contributed by atoms with van der Waals surface area (Å²) in [6, 6.07) is -3.93. The minimum absolute atomic E-state index is 0.0316. The number of likely N-dealkylation sites (N-methyl/N-ethyl adjacent to an activating group) is 1. The molecule has 1 unspecified atom stereocenters. The van der Waals surface area contributed by atoms with Crippen molar-refractivity contribution in [1.29, 1.82) is 0 Å². The van der Waals surface area contributed by atoms with E-state index in [1.807, 2.05) is 16.8 Å². The van der Waals surface area contributed by atoms with Crippen LogP contribution in [-0.4, -0.2) is 108 Å². The van der Waals surface area contributed by atoms with Crippen LogP contribution in [0, 0.1) is 6.92 Å². The fourth-order valence-electron chi connectivity index (χ4n) is 8.13. The summed E-state index contributed by atoms with van der Waals surface area (Å²) in [5, 5.41) is 14.2. The number of aliphatic hydroxyl groups is 1. The van der Waals surface area contributed by atoms with Gasteiger partial charge in [0.05, 0.1) is 30.5 Å². The number of piperazine rings is 1. The zero-order valence-electron chi connectivity index (χ0n) is 26.7. The maximum Gasteiger partial charge on any atom is 0.329 e. The molecule has 0 aromatic heterocycles. The minimum Gasteiger partial charge on any atom is -0.492 e. The molecule has 7 rings (SSSR count). The molecule has 5 aliphatic heterocycles. The number of thioether (sulfide) groups is 1. The number of fused-ring (bicyclic) bond motifs is 8. The van der Waals surface area contributed by atoms with Gasteiger partial charge in [0.15, 0.2) is 23.0 Å². The lowest BCUT2D eigenvalue weighted by Crippen LogP contribution is -2.73. The SMILES string of the molecule is COC1=C(C)C(=O)C2=C(C1=O)[C@@H]1C3[C@@H]4SC[C@H](NC(C)=O)C(=O)OC[C@H](c5c6c(c(C)c(OC(C)=O)c54)OCO6)N3[C@@H](O)[C@H](C2)N1C. The van der Waals surface area contributed by atoms with Crippen LogP contribution in [0.2, 0.25) is 0 Å². The van der Waals surface area contributed by atoms with Gasteiger partial charge in [-0.2, -0.15) is 0 Å². The Kier molecular flexibility index (Phi) is 7.65. The quantitative estimate of drug-likeness (QED) is 0.265. The molecule has 2 fully saturated rings. The summed E-state index contributed by atoms with van der Waals surface area (Å²) in [6.45, 7) is 5.54. The first-order chi connectivity index (χ1) is 22.4. The summed E-state index contributed by atoms with van der Waals surface area (Å²) < 4.78 is 29.1. The van der Waals surface area contributed by atoms with Crippen LogP contribution in [-0.2, 0) is 33.4 Å². The predicted octanol–water partition coefficient (Wildman–Crippen LogP) is 0.984. The first-order valence-corrected chi connectivity index (χ1v) is 16.4. The van der Waals surface area contributed by atoms with E-state index in [0.29, 0.717) is 33.8 Å². The number of rotatable bonds is 3. The normalized spacial score (nSPS) is 31.6. The number of benzene rings is 1. The highest BCUT2D eigenvalue weighted by Gasteiger charge is 2.62. The Balaban J connectivity index is 1.51. The lowest BCUT2D eigenvalue weighted by atomic mass is 9.70. The molecule has 2 N–H and O–H groups in total. The first kappa shape index (κ1) is 31.7. The van der Waals surface area contributed by atoms with Crippen LogP contribution in [0.15, 0.2) is 22.5 Å². The van der Waals surface area contributed by atoms with Crippen molar-refractivity contribution in [3.8, 4) is 17.2 Å². The largest absolute Gasteiger partial charge is 0.492 e. The number of carbonyl (C=O) groups excluding carboxylic acids is 5. The Bertz CT molecular complexity index is 1720. The van der Waals surface area contributed by atoms with Crippen molar-refractivity contribution in [3.63, 3.8) is 0 Å². The number of nitrogens with zero attached hydrogens (tertiary/aromatic N) is 2. The predicted molar refractivity (Wildman–Crippen MR) is 163 cm³/mol. The van der Waals surface area contributed by atoms with Crippen molar-refractivity contribution >= 4 is 41.2 Å².